The van der Waals surface area contributed by atoms with Gasteiger partial charge in [-0.15, -0.1) is 0 Å². The Kier molecular flexibility index (Phi) is 237. The number of hydrogen-bond donors (Lipinski definition) is 0. The van der Waals surface area contributed by atoms with Crippen LogP contribution < -0.4 is 112 Å². The van der Waals surface area contributed by atoms with Crippen molar-refractivity contribution in [2.45, 2.75) is 0 Å². The van der Waals surface area contributed by atoms with E-state index in [1.807, 2.05) is 0 Å². The molecule has 0 unspecified atom stereocenters. The van der Waals surface area contributed by atoms with E-state index in [4.69, 9.17) is 0 Å². The van der Waals surface area contributed by atoms with E-state index in [-0.39, 0.29) is 117 Å². The molecule has 0 atom stereocenters. The Balaban J connectivity index is 0. The zero-order valence-corrected chi connectivity index (χ0v) is 9.41. The van der Waals surface area contributed by atoms with E-state index < -0.39 is 0 Å². The Morgan fingerprint density at radius 3 is 0.600 bits per heavy atom. The molecule has 0 saturated carbocycles. The standard InChI is InChI=1S/3FH.2K/h3*1H;;/q;;;2*+1/p-2. The minimum atomic E-state index is 0. The topological polar surface area (TPSA) is 0 Å². The molecule has 5 heavy (non-hydrogen) atoms. The van der Waals surface area contributed by atoms with Gasteiger partial charge in [-0.05, 0) is 0 Å². The third-order valence-corrected chi connectivity index (χ3v) is 0. The van der Waals surface area contributed by atoms with Crippen LogP contribution in [0.3, 0.4) is 0 Å². The summed E-state index contributed by atoms with van der Waals surface area (Å²) >= 11 is 0. The van der Waals surface area contributed by atoms with Crippen molar-refractivity contribution in [3.63, 3.8) is 0 Å². The molecule has 0 aliphatic carbocycles. The predicted octanol–water partition coefficient (Wildman–Crippen LogP) is -11.8. The monoisotopic (exact) mass is 136 g/mol. The van der Waals surface area contributed by atoms with Crippen LogP contribution >= 0.6 is 0 Å². The van der Waals surface area contributed by atoms with E-state index in [0.717, 1.165) is 0 Å². The molecule has 0 aliphatic heterocycles. The summed E-state index contributed by atoms with van der Waals surface area (Å²) in [6.45, 7) is 0. The fraction of sp³-hybridized carbons (Fsp3) is 0. The molecule has 0 heterocycles. The summed E-state index contributed by atoms with van der Waals surface area (Å²) in [5.41, 5.74) is 0. The molecular weight excluding hydrogens is 135 g/mol. The first-order chi connectivity index (χ1) is 0. The Bertz CT molecular complexity index is 4.85. The predicted molar refractivity (Wildman–Crippen MR) is 2.50 cm³/mol. The van der Waals surface area contributed by atoms with E-state index in [2.05, 4.69) is 0 Å². The second-order valence-electron chi connectivity index (χ2n) is 0. The zero-order valence-electron chi connectivity index (χ0n) is 3.16. The zero-order chi connectivity index (χ0) is 0. The molecule has 0 rings (SSSR count). The van der Waals surface area contributed by atoms with Crippen LogP contribution in [0.25, 0.3) is 0 Å². The van der Waals surface area contributed by atoms with E-state index in [1.165, 1.54) is 0 Å². The minimum Gasteiger partial charge on any atom is -1.00 e. The number of hydrogen-bond acceptors (Lipinski definition) is 0. The van der Waals surface area contributed by atoms with E-state index >= 15 is 0 Å². The van der Waals surface area contributed by atoms with Crippen LogP contribution in [0.2, 0.25) is 0 Å². The summed E-state index contributed by atoms with van der Waals surface area (Å²) in [5.74, 6) is 0. The summed E-state index contributed by atoms with van der Waals surface area (Å²) in [6, 6.07) is 0. The fourth-order valence-corrected chi connectivity index (χ4v) is 0. The molecular formula is HF3K2. The number of rotatable bonds is 0. The van der Waals surface area contributed by atoms with Crippen molar-refractivity contribution in [1.29, 1.82) is 0 Å². The Morgan fingerprint density at radius 2 is 0.600 bits per heavy atom. The average molecular weight is 136 g/mol. The molecule has 0 nitrogen and oxygen atoms in total. The van der Waals surface area contributed by atoms with E-state index in [1.54, 1.807) is 0 Å². The van der Waals surface area contributed by atoms with Gasteiger partial charge in [0.25, 0.3) is 0 Å². The molecule has 0 radical (unpaired) electrons. The van der Waals surface area contributed by atoms with E-state index in [0.29, 0.717) is 0 Å². The third-order valence-electron chi connectivity index (χ3n) is 0. The minimum absolute atomic E-state index is 0. The summed E-state index contributed by atoms with van der Waals surface area (Å²) < 4.78 is 0. The van der Waals surface area contributed by atoms with Crippen molar-refractivity contribution in [1.82, 2.24) is 0 Å². The van der Waals surface area contributed by atoms with Crippen LogP contribution in [0, 0.1) is 0 Å². The maximum atomic E-state index is 0. The van der Waals surface area contributed by atoms with Gasteiger partial charge in [0.05, 0.1) is 0 Å². The molecule has 24 valence electrons. The van der Waals surface area contributed by atoms with Gasteiger partial charge in [-0.3, -0.25) is 4.70 Å². The summed E-state index contributed by atoms with van der Waals surface area (Å²) in [5, 5.41) is 0. The largest absolute Gasteiger partial charge is 1.00 e. The maximum Gasteiger partial charge on any atom is 1.00 e. The molecule has 0 aliphatic rings. The summed E-state index contributed by atoms with van der Waals surface area (Å²) in [7, 11) is 0. The van der Waals surface area contributed by atoms with Crippen LogP contribution in [-0.2, 0) is 0 Å². The van der Waals surface area contributed by atoms with Crippen LogP contribution in [0.15, 0.2) is 0 Å². The SMILES string of the molecule is F.[F-].[F-].[K+].[K+]. The van der Waals surface area contributed by atoms with E-state index in [9.17, 15) is 0 Å². The molecule has 0 aromatic heterocycles. The molecule has 0 aromatic rings. The molecule has 0 saturated heterocycles. The average Bonchev–Trinajstić information content (AvgIpc) is 0. The first-order valence-electron chi connectivity index (χ1n) is 0. The van der Waals surface area contributed by atoms with Gasteiger partial charge in [0.1, 0.15) is 0 Å². The Hall–Kier alpha value is 3.06. The van der Waals surface area contributed by atoms with Crippen LogP contribution in [0.1, 0.15) is 0 Å². The first kappa shape index (κ1) is 42.9. The van der Waals surface area contributed by atoms with Crippen molar-refractivity contribution >= 4 is 0 Å². The van der Waals surface area contributed by atoms with Gasteiger partial charge in [-0.2, -0.15) is 0 Å². The van der Waals surface area contributed by atoms with Crippen LogP contribution in [0.4, 0.5) is 4.70 Å². The summed E-state index contributed by atoms with van der Waals surface area (Å²) in [6.07, 6.45) is 0. The van der Waals surface area contributed by atoms with Crippen molar-refractivity contribution in [2.75, 3.05) is 0 Å². The van der Waals surface area contributed by atoms with Gasteiger partial charge in [0.15, 0.2) is 0 Å². The summed E-state index contributed by atoms with van der Waals surface area (Å²) in [4.78, 5) is 0. The first-order valence-corrected chi connectivity index (χ1v) is 0. The maximum absolute atomic E-state index is 0. The van der Waals surface area contributed by atoms with Crippen molar-refractivity contribution < 1.29 is 117 Å². The van der Waals surface area contributed by atoms with Gasteiger partial charge < -0.3 is 9.41 Å². The fourth-order valence-electron chi connectivity index (χ4n) is 0. The van der Waals surface area contributed by atoms with Crippen LogP contribution in [0.5, 0.6) is 0 Å². The van der Waals surface area contributed by atoms with Crippen molar-refractivity contribution in [3.8, 4) is 0 Å². The van der Waals surface area contributed by atoms with Gasteiger partial charge in [0.2, 0.25) is 0 Å². The molecule has 0 aromatic carbocycles. The molecule has 5 heteroatoms. The smallest absolute Gasteiger partial charge is 1.00 e. The molecule has 0 fully saturated rings. The number of halogens is 3. The molecule has 0 N–H and O–H groups in total. The molecule has 0 bridgehead atoms. The Morgan fingerprint density at radius 1 is 0.600 bits per heavy atom. The van der Waals surface area contributed by atoms with Crippen LogP contribution in [-0.4, -0.2) is 0 Å². The second kappa shape index (κ2) is 27.7. The van der Waals surface area contributed by atoms with Gasteiger partial charge in [-0.1, -0.05) is 0 Å². The van der Waals surface area contributed by atoms with Gasteiger partial charge in [0, 0.05) is 0 Å². The normalized spacial score (nSPS) is 0. The van der Waals surface area contributed by atoms with Gasteiger partial charge in [-0.25, -0.2) is 0 Å². The molecule has 0 spiro atoms. The Labute approximate surface area is 113 Å². The van der Waals surface area contributed by atoms with Crippen molar-refractivity contribution in [3.05, 3.63) is 0 Å². The second-order valence-corrected chi connectivity index (χ2v) is 0. The van der Waals surface area contributed by atoms with Crippen molar-refractivity contribution in [2.24, 2.45) is 0 Å². The molecule has 0 amide bonds. The quantitative estimate of drug-likeness (QED) is 0.290. The van der Waals surface area contributed by atoms with Gasteiger partial charge >= 0.3 is 103 Å². The third kappa shape index (κ3) is 19.3.